The van der Waals surface area contributed by atoms with Gasteiger partial charge in [-0.3, -0.25) is 4.99 Å². The van der Waals surface area contributed by atoms with E-state index >= 15 is 0 Å². The average Bonchev–Trinajstić information content (AvgIpc) is 3.01. The average molecular weight is 483 g/mol. The summed E-state index contributed by atoms with van der Waals surface area (Å²) >= 11 is 0. The molecule has 0 aromatic heterocycles. The molecule has 1 unspecified atom stereocenters. The highest BCUT2D eigenvalue weighted by atomic mass is 127. The first-order chi connectivity index (χ1) is 12.1. The zero-order valence-electron chi connectivity index (χ0n) is 15.1. The number of aliphatic imine (C=N–C) groups is 1. The third-order valence-corrected chi connectivity index (χ3v) is 4.37. The Morgan fingerprint density at radius 2 is 2.00 bits per heavy atom. The van der Waals surface area contributed by atoms with E-state index < -0.39 is 11.6 Å². The van der Waals surface area contributed by atoms with Crippen LogP contribution in [0.5, 0.6) is 0 Å². The minimum Gasteiger partial charge on any atom is -0.396 e. The molecule has 148 valence electrons. The molecule has 2 rings (SSSR count). The number of halogens is 3. The van der Waals surface area contributed by atoms with E-state index in [1.54, 1.807) is 0 Å². The summed E-state index contributed by atoms with van der Waals surface area (Å²) in [6.45, 7) is 5.19. The molecule has 1 heterocycles. The third-order valence-electron chi connectivity index (χ3n) is 4.37. The third kappa shape index (κ3) is 7.32. The minimum absolute atomic E-state index is 0. The molecule has 0 aliphatic carbocycles. The first kappa shape index (κ1) is 23.0. The Hall–Kier alpha value is -1.00. The summed E-state index contributed by atoms with van der Waals surface area (Å²) in [5.74, 6) is -0.478. The topological polar surface area (TPSA) is 65.9 Å². The quantitative estimate of drug-likeness (QED) is 0.302. The van der Waals surface area contributed by atoms with Gasteiger partial charge >= 0.3 is 0 Å². The smallest absolute Gasteiger partial charge is 0.191 e. The predicted octanol–water partition coefficient (Wildman–Crippen LogP) is 2.47. The van der Waals surface area contributed by atoms with Gasteiger partial charge in [0.05, 0.1) is 13.2 Å². The van der Waals surface area contributed by atoms with Crippen LogP contribution in [0.25, 0.3) is 0 Å². The van der Waals surface area contributed by atoms with Crippen LogP contribution in [0.3, 0.4) is 0 Å². The maximum Gasteiger partial charge on any atom is 0.191 e. The molecule has 1 saturated heterocycles. The molecule has 1 fully saturated rings. The van der Waals surface area contributed by atoms with Crippen molar-refractivity contribution in [2.75, 3.05) is 39.5 Å². The molecule has 0 bridgehead atoms. The second-order valence-corrected chi connectivity index (χ2v) is 6.43. The number of aliphatic hydroxyl groups is 1. The molecule has 3 N–H and O–H groups in total. The van der Waals surface area contributed by atoms with E-state index in [0.29, 0.717) is 57.2 Å². The van der Waals surface area contributed by atoms with Gasteiger partial charge in [0.25, 0.3) is 0 Å². The molecule has 0 spiro atoms. The molecule has 0 amide bonds. The van der Waals surface area contributed by atoms with Crippen LogP contribution in [0.4, 0.5) is 8.78 Å². The highest BCUT2D eigenvalue weighted by molar-refractivity contribution is 14.0. The van der Waals surface area contributed by atoms with Gasteiger partial charge < -0.3 is 20.5 Å². The van der Waals surface area contributed by atoms with Gasteiger partial charge in [0, 0.05) is 37.8 Å². The number of aliphatic hydroxyl groups excluding tert-OH is 1. The molecule has 1 atom stereocenters. The molecule has 1 aliphatic rings. The van der Waals surface area contributed by atoms with Crippen molar-refractivity contribution in [2.45, 2.75) is 26.2 Å². The van der Waals surface area contributed by atoms with E-state index in [4.69, 9.17) is 4.74 Å². The van der Waals surface area contributed by atoms with E-state index in [1.165, 1.54) is 12.1 Å². The maximum absolute atomic E-state index is 13.2. The largest absolute Gasteiger partial charge is 0.396 e. The van der Waals surface area contributed by atoms with Gasteiger partial charge in [-0.25, -0.2) is 8.78 Å². The number of ether oxygens (including phenoxy) is 1. The van der Waals surface area contributed by atoms with Crippen LogP contribution in [-0.2, 0) is 11.2 Å². The molecular weight excluding hydrogens is 455 g/mol. The summed E-state index contributed by atoms with van der Waals surface area (Å²) in [4.78, 5) is 4.61. The lowest BCUT2D eigenvalue weighted by molar-refractivity contribution is 0.131. The van der Waals surface area contributed by atoms with Crippen LogP contribution < -0.4 is 10.6 Å². The van der Waals surface area contributed by atoms with Crippen molar-refractivity contribution in [1.82, 2.24) is 10.6 Å². The minimum atomic E-state index is -0.567. The Morgan fingerprint density at radius 3 is 2.58 bits per heavy atom. The van der Waals surface area contributed by atoms with Gasteiger partial charge in [0.15, 0.2) is 5.96 Å². The fraction of sp³-hybridized carbons (Fsp3) is 0.611. The Labute approximate surface area is 170 Å². The number of hydrogen-bond acceptors (Lipinski definition) is 3. The zero-order chi connectivity index (χ0) is 18.1. The van der Waals surface area contributed by atoms with E-state index in [-0.39, 0.29) is 36.0 Å². The fourth-order valence-corrected chi connectivity index (χ4v) is 2.96. The highest BCUT2D eigenvalue weighted by Gasteiger charge is 2.34. The molecule has 5 nitrogen and oxygen atoms in total. The van der Waals surface area contributed by atoms with Crippen LogP contribution in [0.15, 0.2) is 23.2 Å². The van der Waals surface area contributed by atoms with Gasteiger partial charge in [0.1, 0.15) is 11.6 Å². The van der Waals surface area contributed by atoms with Gasteiger partial charge in [-0.1, -0.05) is 0 Å². The number of benzene rings is 1. The molecule has 8 heteroatoms. The second kappa shape index (κ2) is 11.7. The lowest BCUT2D eigenvalue weighted by Crippen LogP contribution is -2.39. The SMILES string of the molecule is CCNC(=NCC1(CCO)CCOC1)NCCc1cc(F)cc(F)c1.I. The molecule has 0 radical (unpaired) electrons. The Kier molecular flexibility index (Phi) is 10.3. The van der Waals surface area contributed by atoms with E-state index in [2.05, 4.69) is 15.6 Å². The van der Waals surface area contributed by atoms with Crippen LogP contribution in [0.1, 0.15) is 25.3 Å². The van der Waals surface area contributed by atoms with E-state index in [1.807, 2.05) is 6.92 Å². The Bertz CT molecular complexity index is 561. The van der Waals surface area contributed by atoms with E-state index in [9.17, 15) is 13.9 Å². The van der Waals surface area contributed by atoms with Crippen molar-refractivity contribution in [3.8, 4) is 0 Å². The molecule has 1 aliphatic heterocycles. The Balaban J connectivity index is 0.00000338. The zero-order valence-corrected chi connectivity index (χ0v) is 17.4. The highest BCUT2D eigenvalue weighted by Crippen LogP contribution is 2.32. The van der Waals surface area contributed by atoms with Gasteiger partial charge in [0.2, 0.25) is 0 Å². The van der Waals surface area contributed by atoms with Gasteiger partial charge in [-0.2, -0.15) is 0 Å². The monoisotopic (exact) mass is 483 g/mol. The fourth-order valence-electron chi connectivity index (χ4n) is 2.96. The van der Waals surface area contributed by atoms with E-state index in [0.717, 1.165) is 12.5 Å². The van der Waals surface area contributed by atoms with Crippen molar-refractivity contribution in [1.29, 1.82) is 0 Å². The van der Waals surface area contributed by atoms with Crippen molar-refractivity contribution in [2.24, 2.45) is 10.4 Å². The summed E-state index contributed by atoms with van der Waals surface area (Å²) < 4.78 is 31.9. The number of nitrogens with one attached hydrogen (secondary N) is 2. The summed E-state index contributed by atoms with van der Waals surface area (Å²) in [7, 11) is 0. The van der Waals surface area contributed by atoms with Gasteiger partial charge in [-0.15, -0.1) is 24.0 Å². The lowest BCUT2D eigenvalue weighted by atomic mass is 9.84. The Morgan fingerprint density at radius 1 is 1.27 bits per heavy atom. The molecule has 26 heavy (non-hydrogen) atoms. The van der Waals surface area contributed by atoms with Crippen LogP contribution in [-0.4, -0.2) is 50.5 Å². The molecule has 1 aromatic rings. The maximum atomic E-state index is 13.2. The summed E-state index contributed by atoms with van der Waals surface area (Å²) in [5.41, 5.74) is 0.491. The normalized spacial score (nSPS) is 19.9. The van der Waals surface area contributed by atoms with Gasteiger partial charge in [-0.05, 0) is 43.9 Å². The second-order valence-electron chi connectivity index (χ2n) is 6.43. The van der Waals surface area contributed by atoms with Crippen LogP contribution >= 0.6 is 24.0 Å². The van der Waals surface area contributed by atoms with Crippen molar-refractivity contribution in [3.63, 3.8) is 0 Å². The lowest BCUT2D eigenvalue weighted by Gasteiger charge is -2.24. The molecule has 0 saturated carbocycles. The first-order valence-corrected chi connectivity index (χ1v) is 8.73. The van der Waals surface area contributed by atoms with Crippen molar-refractivity contribution in [3.05, 3.63) is 35.4 Å². The van der Waals surface area contributed by atoms with Crippen molar-refractivity contribution < 1.29 is 18.6 Å². The van der Waals surface area contributed by atoms with Crippen LogP contribution in [0.2, 0.25) is 0 Å². The summed E-state index contributed by atoms with van der Waals surface area (Å²) in [6.07, 6.45) is 2.04. The molecular formula is C18H28F2IN3O2. The number of hydrogen-bond donors (Lipinski definition) is 3. The van der Waals surface area contributed by atoms with Crippen molar-refractivity contribution >= 4 is 29.9 Å². The predicted molar refractivity (Wildman–Crippen MR) is 109 cm³/mol. The first-order valence-electron chi connectivity index (χ1n) is 8.73. The van der Waals surface area contributed by atoms with Crippen LogP contribution in [0, 0.1) is 17.0 Å². The summed E-state index contributed by atoms with van der Waals surface area (Å²) in [6, 6.07) is 3.54. The standard InChI is InChI=1S/C18H27F2N3O2.HI/c1-2-21-17(23-12-18(4-7-24)5-8-25-13-18)22-6-3-14-9-15(19)11-16(20)10-14;/h9-11,24H,2-8,12-13H2,1H3,(H2,21,22,23);1H. The summed E-state index contributed by atoms with van der Waals surface area (Å²) in [5, 5.41) is 15.6. The molecule has 1 aromatic carbocycles. The number of nitrogens with zero attached hydrogens (tertiary/aromatic N) is 1. The number of guanidine groups is 1. The number of rotatable bonds is 8.